The van der Waals surface area contributed by atoms with Crippen LogP contribution in [0, 0.1) is 5.92 Å². The van der Waals surface area contributed by atoms with Crippen LogP contribution in [0.15, 0.2) is 24.3 Å². The summed E-state index contributed by atoms with van der Waals surface area (Å²) in [5.74, 6) is -0.378. The Labute approximate surface area is 156 Å². The average Bonchev–Trinajstić information content (AvgIpc) is 2.58. The standard InChI is InChI=1S/C19H25F3N2O3/c1-18(2,3)27-17(26)24-10-8-14(9-11-24)16(25)23-12-13-4-6-15(7-5-13)19(20,21)22/h4-7,14H,8-12H2,1-3H3,(H,23,25). The largest absolute Gasteiger partial charge is 0.444 e. The second-order valence-corrected chi connectivity index (χ2v) is 7.65. The lowest BCUT2D eigenvalue weighted by Crippen LogP contribution is -2.44. The first-order valence-electron chi connectivity index (χ1n) is 8.87. The van der Waals surface area contributed by atoms with Crippen molar-refractivity contribution in [3.63, 3.8) is 0 Å². The van der Waals surface area contributed by atoms with Crippen molar-refractivity contribution < 1.29 is 27.5 Å². The molecule has 1 heterocycles. The van der Waals surface area contributed by atoms with Crippen LogP contribution in [0.5, 0.6) is 0 Å². The van der Waals surface area contributed by atoms with Crippen molar-refractivity contribution in [1.29, 1.82) is 0 Å². The molecule has 1 aliphatic heterocycles. The second-order valence-electron chi connectivity index (χ2n) is 7.65. The van der Waals surface area contributed by atoms with Crippen LogP contribution in [0.2, 0.25) is 0 Å². The molecule has 0 unspecified atom stereocenters. The first kappa shape index (κ1) is 21.1. The number of ether oxygens (including phenoxy) is 1. The van der Waals surface area contributed by atoms with E-state index < -0.39 is 17.3 Å². The zero-order chi connectivity index (χ0) is 20.2. The topological polar surface area (TPSA) is 58.6 Å². The first-order valence-corrected chi connectivity index (χ1v) is 8.87. The molecule has 5 nitrogen and oxygen atoms in total. The van der Waals surface area contributed by atoms with Gasteiger partial charge in [-0.3, -0.25) is 4.79 Å². The fourth-order valence-electron chi connectivity index (χ4n) is 2.80. The minimum absolute atomic E-state index is 0.154. The average molecular weight is 386 g/mol. The number of hydrogen-bond acceptors (Lipinski definition) is 3. The molecule has 1 aromatic carbocycles. The highest BCUT2D eigenvalue weighted by Crippen LogP contribution is 2.29. The van der Waals surface area contributed by atoms with Gasteiger partial charge in [0, 0.05) is 25.6 Å². The number of alkyl halides is 3. The number of piperidine rings is 1. The molecule has 0 bridgehead atoms. The molecule has 0 atom stereocenters. The normalized spacial score (nSPS) is 16.1. The Hall–Kier alpha value is -2.25. The Balaban J connectivity index is 1.78. The van der Waals surface area contributed by atoms with Crippen molar-refractivity contribution in [2.45, 2.75) is 51.9 Å². The Morgan fingerprint density at radius 2 is 1.67 bits per heavy atom. The number of halogens is 3. The molecule has 1 saturated heterocycles. The molecule has 0 spiro atoms. The molecule has 27 heavy (non-hydrogen) atoms. The van der Waals surface area contributed by atoms with Crippen LogP contribution >= 0.6 is 0 Å². The molecular weight excluding hydrogens is 361 g/mol. The highest BCUT2D eigenvalue weighted by molar-refractivity contribution is 5.79. The Kier molecular flexibility index (Phi) is 6.38. The number of carbonyl (C=O) groups excluding carboxylic acids is 2. The maximum Gasteiger partial charge on any atom is 0.416 e. The third-order valence-electron chi connectivity index (χ3n) is 4.27. The lowest BCUT2D eigenvalue weighted by molar-refractivity contribution is -0.137. The zero-order valence-corrected chi connectivity index (χ0v) is 15.7. The molecule has 2 rings (SSSR count). The minimum Gasteiger partial charge on any atom is -0.444 e. The van der Waals surface area contributed by atoms with Crippen molar-refractivity contribution in [2.24, 2.45) is 5.92 Å². The van der Waals surface area contributed by atoms with Gasteiger partial charge < -0.3 is 15.0 Å². The van der Waals surface area contributed by atoms with Crippen molar-refractivity contribution in [3.05, 3.63) is 35.4 Å². The van der Waals surface area contributed by atoms with E-state index in [-0.39, 0.29) is 24.5 Å². The van der Waals surface area contributed by atoms with Gasteiger partial charge in [0.2, 0.25) is 5.91 Å². The maximum absolute atomic E-state index is 12.5. The van der Waals surface area contributed by atoms with Crippen LogP contribution in [0.4, 0.5) is 18.0 Å². The summed E-state index contributed by atoms with van der Waals surface area (Å²) in [6.45, 7) is 6.44. The number of hydrogen-bond donors (Lipinski definition) is 1. The Bertz CT molecular complexity index is 658. The summed E-state index contributed by atoms with van der Waals surface area (Å²) in [5, 5.41) is 2.75. The molecule has 0 aromatic heterocycles. The monoisotopic (exact) mass is 386 g/mol. The fourth-order valence-corrected chi connectivity index (χ4v) is 2.80. The summed E-state index contributed by atoms with van der Waals surface area (Å²) >= 11 is 0. The predicted molar refractivity (Wildman–Crippen MR) is 93.8 cm³/mol. The van der Waals surface area contributed by atoms with Gasteiger partial charge in [0.05, 0.1) is 5.56 Å². The van der Waals surface area contributed by atoms with E-state index >= 15 is 0 Å². The highest BCUT2D eigenvalue weighted by atomic mass is 19.4. The number of benzene rings is 1. The molecule has 0 aliphatic carbocycles. The van der Waals surface area contributed by atoms with E-state index in [0.29, 0.717) is 31.5 Å². The molecule has 150 valence electrons. The quantitative estimate of drug-likeness (QED) is 0.855. The van der Waals surface area contributed by atoms with Crippen LogP contribution in [-0.4, -0.2) is 35.6 Å². The lowest BCUT2D eigenvalue weighted by atomic mass is 9.96. The van der Waals surface area contributed by atoms with Gasteiger partial charge in [0.15, 0.2) is 0 Å². The molecule has 1 N–H and O–H groups in total. The van der Waals surface area contributed by atoms with Crippen LogP contribution in [0.1, 0.15) is 44.7 Å². The molecule has 0 saturated carbocycles. The zero-order valence-electron chi connectivity index (χ0n) is 15.7. The van der Waals surface area contributed by atoms with Gasteiger partial charge in [0.1, 0.15) is 5.60 Å². The van der Waals surface area contributed by atoms with Crippen LogP contribution in [0.3, 0.4) is 0 Å². The molecular formula is C19H25F3N2O3. The lowest BCUT2D eigenvalue weighted by Gasteiger charge is -2.32. The van der Waals surface area contributed by atoms with Crippen molar-refractivity contribution >= 4 is 12.0 Å². The molecule has 8 heteroatoms. The van der Waals surface area contributed by atoms with E-state index in [2.05, 4.69) is 5.32 Å². The summed E-state index contributed by atoms with van der Waals surface area (Å²) < 4.78 is 43.0. The molecule has 2 amide bonds. The van der Waals surface area contributed by atoms with Gasteiger partial charge >= 0.3 is 12.3 Å². The fraction of sp³-hybridized carbons (Fsp3) is 0.579. The van der Waals surface area contributed by atoms with Gasteiger partial charge in [-0.25, -0.2) is 4.79 Å². The van der Waals surface area contributed by atoms with E-state index in [1.165, 1.54) is 12.1 Å². The van der Waals surface area contributed by atoms with Gasteiger partial charge in [0.25, 0.3) is 0 Å². The molecule has 0 radical (unpaired) electrons. The van der Waals surface area contributed by atoms with Gasteiger partial charge in [-0.15, -0.1) is 0 Å². The maximum atomic E-state index is 12.5. The molecule has 1 aromatic rings. The van der Waals surface area contributed by atoms with Crippen LogP contribution < -0.4 is 5.32 Å². The number of nitrogens with one attached hydrogen (secondary N) is 1. The number of nitrogens with zero attached hydrogens (tertiary/aromatic N) is 1. The second kappa shape index (κ2) is 8.19. The van der Waals surface area contributed by atoms with Crippen molar-refractivity contribution in [3.8, 4) is 0 Å². The van der Waals surface area contributed by atoms with E-state index in [1.54, 1.807) is 25.7 Å². The minimum atomic E-state index is -4.37. The summed E-state index contributed by atoms with van der Waals surface area (Å²) in [6.07, 6.45) is -3.70. The SMILES string of the molecule is CC(C)(C)OC(=O)N1CCC(C(=O)NCc2ccc(C(F)(F)F)cc2)CC1. The van der Waals surface area contributed by atoms with Gasteiger partial charge in [-0.1, -0.05) is 12.1 Å². The number of likely N-dealkylation sites (tertiary alicyclic amines) is 1. The van der Waals surface area contributed by atoms with Crippen LogP contribution in [-0.2, 0) is 22.3 Å². The summed E-state index contributed by atoms with van der Waals surface area (Å²) in [7, 11) is 0. The highest BCUT2D eigenvalue weighted by Gasteiger charge is 2.31. The van der Waals surface area contributed by atoms with E-state index in [1.807, 2.05) is 0 Å². The van der Waals surface area contributed by atoms with Gasteiger partial charge in [-0.2, -0.15) is 13.2 Å². The Morgan fingerprint density at radius 1 is 1.11 bits per heavy atom. The van der Waals surface area contributed by atoms with Crippen molar-refractivity contribution in [2.75, 3.05) is 13.1 Å². The van der Waals surface area contributed by atoms with E-state index in [0.717, 1.165) is 12.1 Å². The molecule has 1 aliphatic rings. The number of carbonyl (C=O) groups is 2. The predicted octanol–water partition coefficient (Wildman–Crippen LogP) is 3.97. The third-order valence-corrected chi connectivity index (χ3v) is 4.27. The van der Waals surface area contributed by atoms with E-state index in [9.17, 15) is 22.8 Å². The van der Waals surface area contributed by atoms with E-state index in [4.69, 9.17) is 4.74 Å². The van der Waals surface area contributed by atoms with Crippen molar-refractivity contribution in [1.82, 2.24) is 10.2 Å². The first-order chi connectivity index (χ1) is 12.5. The number of amides is 2. The Morgan fingerprint density at radius 3 is 2.15 bits per heavy atom. The third kappa shape index (κ3) is 6.45. The molecule has 1 fully saturated rings. The van der Waals surface area contributed by atoms with Crippen LogP contribution in [0.25, 0.3) is 0 Å². The van der Waals surface area contributed by atoms with Gasteiger partial charge in [-0.05, 0) is 51.3 Å². The summed E-state index contributed by atoms with van der Waals surface area (Å²) in [6, 6.07) is 4.71. The summed E-state index contributed by atoms with van der Waals surface area (Å²) in [4.78, 5) is 25.9. The number of rotatable bonds is 3. The summed E-state index contributed by atoms with van der Waals surface area (Å²) in [5.41, 5.74) is -0.679. The smallest absolute Gasteiger partial charge is 0.416 e.